The normalized spacial score (nSPS) is 15.9. The zero-order valence-corrected chi connectivity index (χ0v) is 16.4. The Hall–Kier alpha value is -3.04. The molecule has 0 spiro atoms. The molecule has 0 aliphatic carbocycles. The van der Waals surface area contributed by atoms with E-state index in [4.69, 9.17) is 4.52 Å². The lowest BCUT2D eigenvalue weighted by Crippen LogP contribution is -2.41. The Morgan fingerprint density at radius 1 is 1.07 bits per heavy atom. The molecule has 1 saturated heterocycles. The number of amides is 1. The van der Waals surface area contributed by atoms with Crippen LogP contribution in [-0.2, 0) is 14.8 Å². The Balaban J connectivity index is 1.34. The molecule has 1 N–H and O–H groups in total. The van der Waals surface area contributed by atoms with Crippen LogP contribution in [0.15, 0.2) is 70.5 Å². The van der Waals surface area contributed by atoms with E-state index in [2.05, 4.69) is 15.5 Å². The van der Waals surface area contributed by atoms with E-state index < -0.39 is 10.0 Å². The number of hydrogen-bond donors (Lipinski definition) is 1. The molecule has 8 nitrogen and oxygen atoms in total. The number of rotatable bonds is 5. The van der Waals surface area contributed by atoms with Gasteiger partial charge in [-0.1, -0.05) is 5.16 Å². The third-order valence-corrected chi connectivity index (χ3v) is 6.85. The van der Waals surface area contributed by atoms with Gasteiger partial charge in [-0.2, -0.15) is 4.31 Å². The van der Waals surface area contributed by atoms with E-state index in [0.29, 0.717) is 37.4 Å². The molecule has 3 heterocycles. The molecule has 9 heteroatoms. The SMILES string of the molecule is O=C(Nc1ccc(-c2ccno2)cc1)C1CCN(S(=O)(=O)c2cccnc2)CC1. The number of nitrogens with one attached hydrogen (secondary N) is 1. The quantitative estimate of drug-likeness (QED) is 0.691. The Morgan fingerprint density at radius 3 is 2.45 bits per heavy atom. The summed E-state index contributed by atoms with van der Waals surface area (Å²) in [6.07, 6.45) is 5.40. The lowest BCUT2D eigenvalue weighted by Gasteiger charge is -2.30. The molecule has 4 rings (SSSR count). The topological polar surface area (TPSA) is 105 Å². The van der Waals surface area contributed by atoms with Crippen molar-refractivity contribution < 1.29 is 17.7 Å². The van der Waals surface area contributed by atoms with Crippen molar-refractivity contribution in [2.24, 2.45) is 5.92 Å². The first kappa shape index (κ1) is 19.3. The molecule has 29 heavy (non-hydrogen) atoms. The van der Waals surface area contributed by atoms with Gasteiger partial charge in [0.1, 0.15) is 4.90 Å². The number of carbonyl (C=O) groups is 1. The van der Waals surface area contributed by atoms with Crippen LogP contribution in [-0.4, -0.2) is 41.9 Å². The molecule has 1 fully saturated rings. The summed E-state index contributed by atoms with van der Waals surface area (Å²) in [6.45, 7) is 0.611. The lowest BCUT2D eigenvalue weighted by molar-refractivity contribution is -0.120. The maximum Gasteiger partial charge on any atom is 0.244 e. The minimum absolute atomic E-state index is 0.101. The van der Waals surface area contributed by atoms with Crippen LogP contribution in [0.1, 0.15) is 12.8 Å². The average Bonchev–Trinajstić information content (AvgIpc) is 3.30. The number of sulfonamides is 1. The van der Waals surface area contributed by atoms with E-state index in [1.165, 1.54) is 22.8 Å². The molecule has 150 valence electrons. The maximum atomic E-state index is 12.7. The van der Waals surface area contributed by atoms with Gasteiger partial charge >= 0.3 is 0 Å². The standard InChI is InChI=1S/C20H20N4O4S/c25-20(23-17-5-3-15(4-6-17)19-7-11-22-28-19)16-8-12-24(13-9-16)29(26,27)18-2-1-10-21-14-18/h1-7,10-11,14,16H,8-9,12-13H2,(H,23,25). The van der Waals surface area contributed by atoms with Crippen molar-refractivity contribution in [1.29, 1.82) is 0 Å². The highest BCUT2D eigenvalue weighted by atomic mass is 32.2. The number of benzene rings is 1. The minimum Gasteiger partial charge on any atom is -0.356 e. The fourth-order valence-corrected chi connectivity index (χ4v) is 4.77. The van der Waals surface area contributed by atoms with E-state index >= 15 is 0 Å². The van der Waals surface area contributed by atoms with Crippen molar-refractivity contribution >= 4 is 21.6 Å². The van der Waals surface area contributed by atoms with E-state index in [9.17, 15) is 13.2 Å². The molecule has 0 bridgehead atoms. The molecule has 0 saturated carbocycles. The number of piperidine rings is 1. The summed E-state index contributed by atoms with van der Waals surface area (Å²) in [5, 5.41) is 6.58. The van der Waals surface area contributed by atoms with Gasteiger partial charge in [0.15, 0.2) is 5.76 Å². The van der Waals surface area contributed by atoms with Crippen LogP contribution in [0, 0.1) is 5.92 Å². The second kappa shape index (κ2) is 8.14. The Bertz CT molecular complexity index is 1060. The first-order valence-corrected chi connectivity index (χ1v) is 10.7. The summed E-state index contributed by atoms with van der Waals surface area (Å²) in [6, 6.07) is 12.2. The summed E-state index contributed by atoms with van der Waals surface area (Å²) >= 11 is 0. The summed E-state index contributed by atoms with van der Waals surface area (Å²) in [4.78, 5) is 16.6. The van der Waals surface area contributed by atoms with Crippen molar-refractivity contribution in [3.05, 3.63) is 61.1 Å². The first-order valence-electron chi connectivity index (χ1n) is 9.26. The van der Waals surface area contributed by atoms with Gasteiger partial charge in [0.05, 0.1) is 6.20 Å². The molecule has 2 aromatic heterocycles. The van der Waals surface area contributed by atoms with E-state index in [1.54, 1.807) is 30.5 Å². The zero-order valence-electron chi connectivity index (χ0n) is 15.6. The van der Waals surface area contributed by atoms with Gasteiger partial charge in [-0.25, -0.2) is 8.42 Å². The molecule has 0 radical (unpaired) electrons. The molecule has 0 unspecified atom stereocenters. The minimum atomic E-state index is -3.57. The first-order chi connectivity index (χ1) is 14.0. The van der Waals surface area contributed by atoms with Gasteiger partial charge < -0.3 is 9.84 Å². The number of pyridine rings is 1. The maximum absolute atomic E-state index is 12.7. The molecule has 1 aliphatic rings. The molecule has 3 aromatic rings. The molecule has 1 aromatic carbocycles. The van der Waals surface area contributed by atoms with Crippen molar-refractivity contribution in [3.63, 3.8) is 0 Å². The van der Waals surface area contributed by atoms with Crippen LogP contribution in [0.3, 0.4) is 0 Å². The Kier molecular flexibility index (Phi) is 5.41. The van der Waals surface area contributed by atoms with E-state index in [1.807, 2.05) is 12.1 Å². The summed E-state index contributed by atoms with van der Waals surface area (Å²) in [5.74, 6) is 0.324. The molecular weight excluding hydrogens is 392 g/mol. The summed E-state index contributed by atoms with van der Waals surface area (Å²) in [5.41, 5.74) is 1.55. The fourth-order valence-electron chi connectivity index (χ4n) is 3.33. The smallest absolute Gasteiger partial charge is 0.244 e. The van der Waals surface area contributed by atoms with Crippen LogP contribution in [0.25, 0.3) is 11.3 Å². The monoisotopic (exact) mass is 412 g/mol. The van der Waals surface area contributed by atoms with Crippen LogP contribution in [0.5, 0.6) is 0 Å². The lowest BCUT2D eigenvalue weighted by atomic mass is 9.97. The van der Waals surface area contributed by atoms with E-state index in [-0.39, 0.29) is 16.7 Å². The van der Waals surface area contributed by atoms with Crippen molar-refractivity contribution in [2.45, 2.75) is 17.7 Å². The van der Waals surface area contributed by atoms with Gasteiger partial charge in [-0.3, -0.25) is 9.78 Å². The van der Waals surface area contributed by atoms with Gasteiger partial charge in [-0.15, -0.1) is 0 Å². The van der Waals surface area contributed by atoms with Crippen molar-refractivity contribution in [2.75, 3.05) is 18.4 Å². The van der Waals surface area contributed by atoms with E-state index in [0.717, 1.165) is 5.56 Å². The number of hydrogen-bond acceptors (Lipinski definition) is 6. The molecule has 0 atom stereocenters. The predicted molar refractivity (Wildman–Crippen MR) is 106 cm³/mol. The Labute approximate surface area is 168 Å². The average molecular weight is 412 g/mol. The molecule has 1 amide bonds. The van der Waals surface area contributed by atoms with Crippen molar-refractivity contribution in [3.8, 4) is 11.3 Å². The highest BCUT2D eigenvalue weighted by Crippen LogP contribution is 2.25. The number of carbonyl (C=O) groups excluding carboxylic acids is 1. The van der Waals surface area contributed by atoms with Gasteiger partial charge in [0, 0.05) is 48.7 Å². The third kappa shape index (κ3) is 4.20. The largest absolute Gasteiger partial charge is 0.356 e. The van der Waals surface area contributed by atoms with Crippen LogP contribution in [0.4, 0.5) is 5.69 Å². The van der Waals surface area contributed by atoms with Crippen molar-refractivity contribution in [1.82, 2.24) is 14.4 Å². The van der Waals surface area contributed by atoms with Crippen LogP contribution in [0.2, 0.25) is 0 Å². The number of anilines is 1. The van der Waals surface area contributed by atoms with Gasteiger partial charge in [-0.05, 0) is 49.2 Å². The zero-order chi connectivity index (χ0) is 20.3. The van der Waals surface area contributed by atoms with Gasteiger partial charge in [0.2, 0.25) is 15.9 Å². The highest BCUT2D eigenvalue weighted by molar-refractivity contribution is 7.89. The molecular formula is C20H20N4O4S. The third-order valence-electron chi connectivity index (χ3n) is 4.97. The summed E-state index contributed by atoms with van der Waals surface area (Å²) in [7, 11) is -3.57. The predicted octanol–water partition coefficient (Wildman–Crippen LogP) is 2.78. The highest BCUT2D eigenvalue weighted by Gasteiger charge is 2.32. The second-order valence-corrected chi connectivity index (χ2v) is 8.75. The van der Waals surface area contributed by atoms with Crippen LogP contribution >= 0.6 is 0 Å². The summed E-state index contributed by atoms with van der Waals surface area (Å²) < 4.78 is 31.8. The Morgan fingerprint density at radius 2 is 1.83 bits per heavy atom. The molecule has 1 aliphatic heterocycles. The number of nitrogens with zero attached hydrogens (tertiary/aromatic N) is 3. The fraction of sp³-hybridized carbons (Fsp3) is 0.250. The second-order valence-electron chi connectivity index (χ2n) is 6.81. The van der Waals surface area contributed by atoms with Crippen LogP contribution < -0.4 is 5.32 Å². The van der Waals surface area contributed by atoms with Gasteiger partial charge in [0.25, 0.3) is 0 Å². The number of aromatic nitrogens is 2.